The number of oxime groups is 1. The molecule has 0 aromatic heterocycles. The molecule has 0 radical (unpaired) electrons. The third-order valence-corrected chi connectivity index (χ3v) is 2.69. The van der Waals surface area contributed by atoms with E-state index in [9.17, 15) is 5.11 Å². The van der Waals surface area contributed by atoms with E-state index in [2.05, 4.69) is 5.16 Å². The molecule has 0 fully saturated rings. The number of phenols is 1. The quantitative estimate of drug-likeness (QED) is 0.740. The summed E-state index contributed by atoms with van der Waals surface area (Å²) in [6.07, 6.45) is 1.72. The smallest absolute Gasteiger partial charge is 0.135 e. The van der Waals surface area contributed by atoms with E-state index in [-0.39, 0.29) is 5.75 Å². The van der Waals surface area contributed by atoms with Crippen LogP contribution in [0.3, 0.4) is 0 Å². The van der Waals surface area contributed by atoms with E-state index in [1.165, 1.54) is 7.11 Å². The van der Waals surface area contributed by atoms with E-state index >= 15 is 0 Å². The Morgan fingerprint density at radius 1 is 1.44 bits per heavy atom. The topological polar surface area (TPSA) is 51.0 Å². The first-order chi connectivity index (χ1) is 7.74. The molecule has 0 spiro atoms. The molecule has 0 saturated heterocycles. The lowest BCUT2D eigenvalue weighted by molar-refractivity contribution is 0.213. The zero-order valence-corrected chi connectivity index (χ0v) is 9.49. The van der Waals surface area contributed by atoms with Crippen LogP contribution >= 0.6 is 0 Å². The maximum Gasteiger partial charge on any atom is 0.135 e. The Morgan fingerprint density at radius 2 is 2.25 bits per heavy atom. The van der Waals surface area contributed by atoms with Gasteiger partial charge < -0.3 is 14.7 Å². The molecule has 0 atom stereocenters. The Bertz CT molecular complexity index is 427. The van der Waals surface area contributed by atoms with Crippen molar-refractivity contribution in [3.8, 4) is 11.5 Å². The van der Waals surface area contributed by atoms with Crippen LogP contribution in [0.2, 0.25) is 0 Å². The number of phenolic OH excluding ortho intramolecular Hbond substituents is 1. The van der Waals surface area contributed by atoms with Crippen LogP contribution in [-0.2, 0) is 4.84 Å². The molecule has 1 N–H and O–H groups in total. The van der Waals surface area contributed by atoms with Crippen LogP contribution < -0.4 is 4.74 Å². The molecule has 0 bridgehead atoms. The van der Waals surface area contributed by atoms with E-state index in [0.29, 0.717) is 12.4 Å². The number of ether oxygens (including phenoxy) is 1. The highest BCUT2D eigenvalue weighted by Gasteiger charge is 2.19. The largest absolute Gasteiger partial charge is 0.508 e. The molecule has 1 aliphatic heterocycles. The maximum atomic E-state index is 9.63. The van der Waals surface area contributed by atoms with Gasteiger partial charge in [0, 0.05) is 11.1 Å². The second kappa shape index (κ2) is 4.43. The fourth-order valence-corrected chi connectivity index (χ4v) is 1.85. The van der Waals surface area contributed by atoms with Crippen molar-refractivity contribution in [2.75, 3.05) is 13.7 Å². The summed E-state index contributed by atoms with van der Waals surface area (Å²) in [4.78, 5) is 4.83. The van der Waals surface area contributed by atoms with Crippen molar-refractivity contribution in [3.05, 3.63) is 23.3 Å². The monoisotopic (exact) mass is 221 g/mol. The summed E-state index contributed by atoms with van der Waals surface area (Å²) >= 11 is 0. The van der Waals surface area contributed by atoms with E-state index in [4.69, 9.17) is 9.57 Å². The first kappa shape index (κ1) is 10.8. The number of benzene rings is 1. The van der Waals surface area contributed by atoms with E-state index in [1.807, 2.05) is 13.0 Å². The van der Waals surface area contributed by atoms with Crippen LogP contribution in [0.25, 0.3) is 0 Å². The molecule has 4 nitrogen and oxygen atoms in total. The fourth-order valence-electron chi connectivity index (χ4n) is 1.85. The zero-order chi connectivity index (χ0) is 11.5. The lowest BCUT2D eigenvalue weighted by atomic mass is 10.0. The van der Waals surface area contributed by atoms with Crippen LogP contribution in [0.1, 0.15) is 24.0 Å². The van der Waals surface area contributed by atoms with Gasteiger partial charge in [-0.1, -0.05) is 5.16 Å². The molecule has 4 heteroatoms. The van der Waals surface area contributed by atoms with Crippen LogP contribution in [0.5, 0.6) is 11.5 Å². The van der Waals surface area contributed by atoms with E-state index in [1.54, 1.807) is 6.07 Å². The minimum absolute atomic E-state index is 0.248. The molecule has 16 heavy (non-hydrogen) atoms. The summed E-state index contributed by atoms with van der Waals surface area (Å²) in [5, 5.41) is 13.6. The van der Waals surface area contributed by atoms with Crippen molar-refractivity contribution in [2.45, 2.75) is 19.8 Å². The molecule has 0 unspecified atom stereocenters. The average Bonchev–Trinajstić information content (AvgIpc) is 2.48. The van der Waals surface area contributed by atoms with Gasteiger partial charge in [-0.3, -0.25) is 0 Å². The van der Waals surface area contributed by atoms with Crippen molar-refractivity contribution in [1.29, 1.82) is 0 Å². The molecule has 86 valence electrons. The van der Waals surface area contributed by atoms with Gasteiger partial charge in [0.05, 0.1) is 12.3 Å². The second-order valence-electron chi connectivity index (χ2n) is 3.76. The number of rotatable bonds is 1. The summed E-state index contributed by atoms with van der Waals surface area (Å²) in [5.41, 5.74) is 2.54. The minimum atomic E-state index is 0.248. The standard InChI is InChI=1S/C12H15NO3/c1-8-11(14)6-5-9-10(13-15-2)4-3-7-16-12(8)9/h5-6,14H,3-4,7H2,1-2H3/b13-10+. The van der Waals surface area contributed by atoms with Crippen LogP contribution in [-0.4, -0.2) is 24.5 Å². The highest BCUT2D eigenvalue weighted by Crippen LogP contribution is 2.33. The fraction of sp³-hybridized carbons (Fsp3) is 0.417. The number of nitrogens with zero attached hydrogens (tertiary/aromatic N) is 1. The molecule has 2 rings (SSSR count). The Labute approximate surface area is 94.5 Å². The predicted octanol–water partition coefficient (Wildman–Crippen LogP) is 2.22. The number of fused-ring (bicyclic) bond motifs is 1. The summed E-state index contributed by atoms with van der Waals surface area (Å²) in [6.45, 7) is 2.48. The van der Waals surface area contributed by atoms with E-state index in [0.717, 1.165) is 29.7 Å². The van der Waals surface area contributed by atoms with E-state index < -0.39 is 0 Å². The molecule has 1 aromatic carbocycles. The SMILES string of the molecule is CO/N=C1\CCCOc2c1ccc(O)c2C. The van der Waals surface area contributed by atoms with Crippen molar-refractivity contribution < 1.29 is 14.7 Å². The van der Waals surface area contributed by atoms with Gasteiger partial charge in [0.2, 0.25) is 0 Å². The summed E-state index contributed by atoms with van der Waals surface area (Å²) < 4.78 is 5.64. The van der Waals surface area contributed by atoms with Crippen LogP contribution in [0.4, 0.5) is 0 Å². The van der Waals surface area contributed by atoms with Gasteiger partial charge in [-0.25, -0.2) is 0 Å². The average molecular weight is 221 g/mol. The lowest BCUT2D eigenvalue weighted by Crippen LogP contribution is -2.01. The molecule has 1 aromatic rings. The molecular weight excluding hydrogens is 206 g/mol. The first-order valence-corrected chi connectivity index (χ1v) is 5.30. The Kier molecular flexibility index (Phi) is 2.99. The third-order valence-electron chi connectivity index (χ3n) is 2.69. The highest BCUT2D eigenvalue weighted by molar-refractivity contribution is 6.03. The number of hydrogen-bond donors (Lipinski definition) is 1. The molecule has 0 aliphatic carbocycles. The van der Waals surface area contributed by atoms with Crippen molar-refractivity contribution in [1.82, 2.24) is 0 Å². The summed E-state index contributed by atoms with van der Waals surface area (Å²) in [6, 6.07) is 3.48. The maximum absolute atomic E-state index is 9.63. The molecule has 1 heterocycles. The van der Waals surface area contributed by atoms with Gasteiger partial charge >= 0.3 is 0 Å². The van der Waals surface area contributed by atoms with Crippen LogP contribution in [0.15, 0.2) is 17.3 Å². The van der Waals surface area contributed by atoms with Crippen LogP contribution in [0, 0.1) is 6.92 Å². The third kappa shape index (κ3) is 1.83. The predicted molar refractivity (Wildman–Crippen MR) is 61.1 cm³/mol. The number of hydrogen-bond acceptors (Lipinski definition) is 4. The number of aromatic hydroxyl groups is 1. The Hall–Kier alpha value is -1.71. The van der Waals surface area contributed by atoms with Gasteiger partial charge in [0.1, 0.15) is 18.6 Å². The van der Waals surface area contributed by atoms with Crippen molar-refractivity contribution >= 4 is 5.71 Å². The van der Waals surface area contributed by atoms with Crippen molar-refractivity contribution in [2.24, 2.45) is 5.16 Å². The molecular formula is C12H15NO3. The molecule has 0 amide bonds. The molecule has 0 saturated carbocycles. The zero-order valence-electron chi connectivity index (χ0n) is 9.49. The van der Waals surface area contributed by atoms with Gasteiger partial charge in [-0.2, -0.15) is 0 Å². The lowest BCUT2D eigenvalue weighted by Gasteiger charge is -2.11. The minimum Gasteiger partial charge on any atom is -0.508 e. The van der Waals surface area contributed by atoms with Crippen molar-refractivity contribution in [3.63, 3.8) is 0 Å². The molecule has 1 aliphatic rings. The van der Waals surface area contributed by atoms with Gasteiger partial charge in [0.15, 0.2) is 0 Å². The first-order valence-electron chi connectivity index (χ1n) is 5.30. The summed E-state index contributed by atoms with van der Waals surface area (Å²) in [7, 11) is 1.53. The highest BCUT2D eigenvalue weighted by atomic mass is 16.6. The summed E-state index contributed by atoms with van der Waals surface area (Å²) in [5.74, 6) is 0.964. The van der Waals surface area contributed by atoms with Gasteiger partial charge in [0.25, 0.3) is 0 Å². The van der Waals surface area contributed by atoms with Gasteiger partial charge in [-0.15, -0.1) is 0 Å². The normalized spacial score (nSPS) is 17.5. The second-order valence-corrected chi connectivity index (χ2v) is 3.76. The Balaban J connectivity index is 2.55. The van der Waals surface area contributed by atoms with Gasteiger partial charge in [-0.05, 0) is 31.9 Å². The Morgan fingerprint density at radius 3 is 3.00 bits per heavy atom.